The number of halogens is 2. The zero-order valence-electron chi connectivity index (χ0n) is 15.4. The number of nitrogens with one attached hydrogen (secondary N) is 1. The second kappa shape index (κ2) is 8.57. The van der Waals surface area contributed by atoms with Gasteiger partial charge in [-0.15, -0.1) is 12.4 Å². The monoisotopic (exact) mass is 395 g/mol. The molecule has 148 valence electrons. The molecule has 3 heterocycles. The SMILES string of the molecule is Cl.O=C(c1ccc(F)cc1)N1CCCC(C(=O)N2CCC3CCC(C2)N3)C1. The largest absolute Gasteiger partial charge is 0.341 e. The Morgan fingerprint density at radius 1 is 0.926 bits per heavy atom. The standard InChI is InChI=1S/C20H26FN3O2.ClH/c21-16-5-3-14(4-6-16)19(25)23-10-1-2-15(12-23)20(26)24-11-9-17-7-8-18(13-24)22-17;/h3-6,15,17-18,22H,1-2,7-13H2;1H. The average Bonchev–Trinajstić information content (AvgIpc) is 3.00. The second-order valence-corrected chi connectivity index (χ2v) is 7.81. The quantitative estimate of drug-likeness (QED) is 0.836. The Labute approximate surface area is 165 Å². The summed E-state index contributed by atoms with van der Waals surface area (Å²) < 4.78 is 13.1. The average molecular weight is 396 g/mol. The number of nitrogens with zero attached hydrogens (tertiary/aromatic N) is 2. The third kappa shape index (κ3) is 4.43. The molecular weight excluding hydrogens is 369 g/mol. The van der Waals surface area contributed by atoms with Gasteiger partial charge in [-0.05, 0) is 56.4 Å². The van der Waals surface area contributed by atoms with E-state index in [-0.39, 0.29) is 36.0 Å². The van der Waals surface area contributed by atoms with Gasteiger partial charge in [-0.25, -0.2) is 4.39 Å². The Hall–Kier alpha value is -1.66. The van der Waals surface area contributed by atoms with E-state index in [1.54, 1.807) is 4.90 Å². The summed E-state index contributed by atoms with van der Waals surface area (Å²) in [5, 5.41) is 3.60. The summed E-state index contributed by atoms with van der Waals surface area (Å²) in [7, 11) is 0. The summed E-state index contributed by atoms with van der Waals surface area (Å²) in [5.41, 5.74) is 0.482. The molecule has 1 aromatic rings. The van der Waals surface area contributed by atoms with Crippen LogP contribution in [-0.2, 0) is 4.79 Å². The molecule has 0 aliphatic carbocycles. The molecule has 4 rings (SSSR count). The highest BCUT2D eigenvalue weighted by atomic mass is 35.5. The summed E-state index contributed by atoms with van der Waals surface area (Å²) in [6.07, 6.45) is 5.06. The number of amides is 2. The zero-order valence-corrected chi connectivity index (χ0v) is 16.2. The summed E-state index contributed by atoms with van der Waals surface area (Å²) >= 11 is 0. The van der Waals surface area contributed by atoms with Gasteiger partial charge in [0.1, 0.15) is 5.82 Å². The van der Waals surface area contributed by atoms with Crippen molar-refractivity contribution in [3.05, 3.63) is 35.6 Å². The van der Waals surface area contributed by atoms with Crippen LogP contribution >= 0.6 is 12.4 Å². The van der Waals surface area contributed by atoms with E-state index in [0.29, 0.717) is 30.7 Å². The first-order valence-electron chi connectivity index (χ1n) is 9.70. The maximum Gasteiger partial charge on any atom is 0.253 e. The predicted octanol–water partition coefficient (Wildman–Crippen LogP) is 2.45. The van der Waals surface area contributed by atoms with E-state index in [4.69, 9.17) is 0 Å². The van der Waals surface area contributed by atoms with Crippen molar-refractivity contribution in [3.63, 3.8) is 0 Å². The molecular formula is C20H27ClFN3O2. The maximum atomic E-state index is 13.1. The van der Waals surface area contributed by atoms with E-state index in [2.05, 4.69) is 5.32 Å². The van der Waals surface area contributed by atoms with Crippen molar-refractivity contribution in [1.82, 2.24) is 15.1 Å². The van der Waals surface area contributed by atoms with Crippen LogP contribution in [0.15, 0.2) is 24.3 Å². The summed E-state index contributed by atoms with van der Waals surface area (Å²) in [4.78, 5) is 29.5. The van der Waals surface area contributed by atoms with Crippen LogP contribution in [0.25, 0.3) is 0 Å². The van der Waals surface area contributed by atoms with Gasteiger partial charge in [0.05, 0.1) is 5.92 Å². The molecule has 3 fully saturated rings. The maximum absolute atomic E-state index is 13.1. The molecule has 1 N–H and O–H groups in total. The first kappa shape index (κ1) is 20.1. The number of hydrogen-bond acceptors (Lipinski definition) is 3. The highest BCUT2D eigenvalue weighted by molar-refractivity contribution is 5.94. The van der Waals surface area contributed by atoms with Gasteiger partial charge in [-0.3, -0.25) is 9.59 Å². The Morgan fingerprint density at radius 3 is 2.44 bits per heavy atom. The van der Waals surface area contributed by atoms with Crippen LogP contribution in [0.4, 0.5) is 4.39 Å². The third-order valence-corrected chi connectivity index (χ3v) is 5.98. The van der Waals surface area contributed by atoms with Gasteiger partial charge in [0, 0.05) is 43.8 Å². The number of carbonyl (C=O) groups excluding carboxylic acids is 2. The molecule has 3 aliphatic rings. The summed E-state index contributed by atoms with van der Waals surface area (Å²) in [5.74, 6) is -0.392. The van der Waals surface area contributed by atoms with Crippen molar-refractivity contribution in [1.29, 1.82) is 0 Å². The normalized spacial score (nSPS) is 27.7. The summed E-state index contributed by atoms with van der Waals surface area (Å²) in [6.45, 7) is 2.73. The van der Waals surface area contributed by atoms with Gasteiger partial charge in [0.2, 0.25) is 5.91 Å². The number of likely N-dealkylation sites (tertiary alicyclic amines) is 2. The number of benzene rings is 1. The lowest BCUT2D eigenvalue weighted by Gasteiger charge is -2.35. The van der Waals surface area contributed by atoms with Crippen molar-refractivity contribution in [2.75, 3.05) is 26.2 Å². The van der Waals surface area contributed by atoms with Crippen LogP contribution in [-0.4, -0.2) is 59.9 Å². The Morgan fingerprint density at radius 2 is 1.67 bits per heavy atom. The lowest BCUT2D eigenvalue weighted by molar-refractivity contribution is -0.137. The van der Waals surface area contributed by atoms with Crippen LogP contribution in [0.3, 0.4) is 0 Å². The van der Waals surface area contributed by atoms with Gasteiger partial charge in [0.25, 0.3) is 5.91 Å². The number of rotatable bonds is 2. The predicted molar refractivity (Wildman–Crippen MR) is 103 cm³/mol. The molecule has 3 saturated heterocycles. The minimum absolute atomic E-state index is 0. The second-order valence-electron chi connectivity index (χ2n) is 7.81. The van der Waals surface area contributed by atoms with Crippen LogP contribution in [0, 0.1) is 11.7 Å². The molecule has 5 nitrogen and oxygen atoms in total. The van der Waals surface area contributed by atoms with Crippen molar-refractivity contribution in [3.8, 4) is 0 Å². The van der Waals surface area contributed by atoms with E-state index in [0.717, 1.165) is 38.8 Å². The fourth-order valence-corrected chi connectivity index (χ4v) is 4.54. The van der Waals surface area contributed by atoms with Gasteiger partial charge in [-0.2, -0.15) is 0 Å². The smallest absolute Gasteiger partial charge is 0.253 e. The van der Waals surface area contributed by atoms with Crippen LogP contribution in [0.2, 0.25) is 0 Å². The van der Waals surface area contributed by atoms with Gasteiger partial charge in [0.15, 0.2) is 0 Å². The molecule has 0 radical (unpaired) electrons. The van der Waals surface area contributed by atoms with Crippen LogP contribution in [0.5, 0.6) is 0 Å². The van der Waals surface area contributed by atoms with Gasteiger partial charge < -0.3 is 15.1 Å². The van der Waals surface area contributed by atoms with E-state index in [1.807, 2.05) is 4.90 Å². The topological polar surface area (TPSA) is 52.7 Å². The molecule has 2 bridgehead atoms. The molecule has 2 amide bonds. The summed E-state index contributed by atoms with van der Waals surface area (Å²) in [6, 6.07) is 6.62. The zero-order chi connectivity index (χ0) is 18.1. The molecule has 3 aliphatic heterocycles. The van der Waals surface area contributed by atoms with Crippen molar-refractivity contribution >= 4 is 24.2 Å². The fourth-order valence-electron chi connectivity index (χ4n) is 4.54. The lowest BCUT2D eigenvalue weighted by atomic mass is 9.95. The van der Waals surface area contributed by atoms with E-state index in [1.165, 1.54) is 30.7 Å². The first-order chi connectivity index (χ1) is 12.6. The Kier molecular flexibility index (Phi) is 6.37. The van der Waals surface area contributed by atoms with Crippen molar-refractivity contribution in [2.24, 2.45) is 5.92 Å². The number of piperidine rings is 1. The highest BCUT2D eigenvalue weighted by Crippen LogP contribution is 2.25. The van der Waals surface area contributed by atoms with Crippen molar-refractivity contribution < 1.29 is 14.0 Å². The molecule has 0 saturated carbocycles. The van der Waals surface area contributed by atoms with Gasteiger partial charge in [-0.1, -0.05) is 0 Å². The van der Waals surface area contributed by atoms with E-state index in [9.17, 15) is 14.0 Å². The van der Waals surface area contributed by atoms with Gasteiger partial charge >= 0.3 is 0 Å². The lowest BCUT2D eigenvalue weighted by Crippen LogP contribution is -2.48. The number of hydrogen-bond donors (Lipinski definition) is 1. The fraction of sp³-hybridized carbons (Fsp3) is 0.600. The minimum atomic E-state index is -0.350. The Bertz CT molecular complexity index is 684. The molecule has 7 heteroatoms. The van der Waals surface area contributed by atoms with Crippen LogP contribution in [0.1, 0.15) is 42.5 Å². The van der Waals surface area contributed by atoms with Crippen molar-refractivity contribution in [2.45, 2.75) is 44.2 Å². The minimum Gasteiger partial charge on any atom is -0.341 e. The number of carbonyl (C=O) groups is 2. The molecule has 0 aromatic heterocycles. The van der Waals surface area contributed by atoms with Crippen LogP contribution < -0.4 is 5.32 Å². The molecule has 0 spiro atoms. The van der Waals surface area contributed by atoms with E-state index >= 15 is 0 Å². The Balaban J connectivity index is 0.00000210. The van der Waals surface area contributed by atoms with E-state index < -0.39 is 0 Å². The highest BCUT2D eigenvalue weighted by Gasteiger charge is 2.35. The molecule has 1 aromatic carbocycles. The number of fused-ring (bicyclic) bond motifs is 2. The molecule has 3 unspecified atom stereocenters. The third-order valence-electron chi connectivity index (χ3n) is 5.98. The molecule has 27 heavy (non-hydrogen) atoms. The first-order valence-corrected chi connectivity index (χ1v) is 9.70. The molecule has 3 atom stereocenters.